The van der Waals surface area contributed by atoms with E-state index in [1.54, 1.807) is 0 Å². The summed E-state index contributed by atoms with van der Waals surface area (Å²) in [6, 6.07) is 0. The lowest BCUT2D eigenvalue weighted by Gasteiger charge is -2.28. The van der Waals surface area contributed by atoms with E-state index in [9.17, 15) is 0 Å². The van der Waals surface area contributed by atoms with Gasteiger partial charge in [0.1, 0.15) is 0 Å². The van der Waals surface area contributed by atoms with Crippen molar-refractivity contribution in [3.8, 4) is 0 Å². The molecule has 0 saturated carbocycles. The van der Waals surface area contributed by atoms with Crippen LogP contribution in [-0.2, 0) is 4.74 Å². The summed E-state index contributed by atoms with van der Waals surface area (Å²) in [4.78, 5) is 17.3. The smallest absolute Gasteiger partial charge is 0.232 e. The first-order valence-electron chi connectivity index (χ1n) is 7.19. The monoisotopic (exact) mass is 280 g/mol. The first-order chi connectivity index (χ1) is 9.60. The number of nitrogens with two attached hydrogens (primary N) is 1. The van der Waals surface area contributed by atoms with Crippen LogP contribution in [-0.4, -0.2) is 54.3 Å². The van der Waals surface area contributed by atoms with E-state index < -0.39 is 0 Å². The molecule has 0 aromatic carbocycles. The number of hydrogen-bond acceptors (Lipinski definition) is 7. The number of nitrogen functional groups attached to an aromatic ring is 1. The van der Waals surface area contributed by atoms with Gasteiger partial charge in [-0.3, -0.25) is 0 Å². The van der Waals surface area contributed by atoms with Crippen molar-refractivity contribution in [3.63, 3.8) is 0 Å². The van der Waals surface area contributed by atoms with Crippen LogP contribution >= 0.6 is 0 Å². The van der Waals surface area contributed by atoms with Crippen LogP contribution < -0.4 is 15.5 Å². The third-order valence-corrected chi connectivity index (χ3v) is 3.17. The summed E-state index contributed by atoms with van der Waals surface area (Å²) in [5, 5.41) is 0. The highest BCUT2D eigenvalue weighted by molar-refractivity contribution is 5.43. The second-order valence-electron chi connectivity index (χ2n) is 5.33. The van der Waals surface area contributed by atoms with E-state index in [1.807, 2.05) is 0 Å². The molecule has 1 aromatic rings. The Hall–Kier alpha value is -1.63. The van der Waals surface area contributed by atoms with Crippen LogP contribution in [0, 0.1) is 5.92 Å². The highest BCUT2D eigenvalue weighted by Crippen LogP contribution is 2.17. The Bertz CT molecular complexity index is 433. The zero-order chi connectivity index (χ0) is 14.5. The highest BCUT2D eigenvalue weighted by atomic mass is 16.5. The molecule has 0 atom stereocenters. The van der Waals surface area contributed by atoms with Crippen molar-refractivity contribution in [3.05, 3.63) is 0 Å². The number of anilines is 3. The zero-order valence-electron chi connectivity index (χ0n) is 12.5. The minimum atomic E-state index is 0.277. The second-order valence-corrected chi connectivity index (χ2v) is 5.33. The summed E-state index contributed by atoms with van der Waals surface area (Å²) in [6.45, 7) is 11.2. The van der Waals surface area contributed by atoms with Crippen LogP contribution in [0.25, 0.3) is 0 Å². The van der Waals surface area contributed by atoms with E-state index in [0.29, 0.717) is 31.0 Å². The number of morpholine rings is 1. The number of rotatable bonds is 5. The molecule has 0 radical (unpaired) electrons. The summed E-state index contributed by atoms with van der Waals surface area (Å²) in [5.74, 6) is 2.13. The molecular weight excluding hydrogens is 256 g/mol. The van der Waals surface area contributed by atoms with Crippen LogP contribution in [0.3, 0.4) is 0 Å². The molecule has 7 heteroatoms. The predicted molar refractivity (Wildman–Crippen MR) is 80.0 cm³/mol. The van der Waals surface area contributed by atoms with Crippen molar-refractivity contribution < 1.29 is 4.74 Å². The second kappa shape index (κ2) is 6.69. The van der Waals surface area contributed by atoms with Crippen molar-refractivity contribution >= 4 is 17.8 Å². The molecule has 1 aliphatic rings. The van der Waals surface area contributed by atoms with Crippen LogP contribution in [0.2, 0.25) is 0 Å². The Labute approximate surface area is 120 Å². The molecule has 0 spiro atoms. The Morgan fingerprint density at radius 1 is 1.25 bits per heavy atom. The lowest BCUT2D eigenvalue weighted by atomic mass is 10.2. The molecule has 0 aliphatic carbocycles. The van der Waals surface area contributed by atoms with Gasteiger partial charge in [-0.25, -0.2) is 0 Å². The Morgan fingerprint density at radius 3 is 2.55 bits per heavy atom. The summed E-state index contributed by atoms with van der Waals surface area (Å²) >= 11 is 0. The fraction of sp³-hybridized carbons (Fsp3) is 0.769. The highest BCUT2D eigenvalue weighted by Gasteiger charge is 2.18. The van der Waals surface area contributed by atoms with Crippen molar-refractivity contribution in [2.75, 3.05) is 54.9 Å². The molecule has 20 heavy (non-hydrogen) atoms. The molecule has 0 unspecified atom stereocenters. The maximum atomic E-state index is 5.84. The van der Waals surface area contributed by atoms with Gasteiger partial charge in [-0.1, -0.05) is 13.8 Å². The van der Waals surface area contributed by atoms with Gasteiger partial charge in [-0.15, -0.1) is 0 Å². The lowest BCUT2D eigenvalue weighted by Crippen LogP contribution is -2.38. The van der Waals surface area contributed by atoms with Crippen molar-refractivity contribution in [1.29, 1.82) is 0 Å². The van der Waals surface area contributed by atoms with Crippen molar-refractivity contribution in [2.45, 2.75) is 20.8 Å². The minimum absolute atomic E-state index is 0.277. The Kier molecular flexibility index (Phi) is 4.94. The molecule has 1 aliphatic heterocycles. The SMILES string of the molecule is CCN(CC(C)C)c1nc(N)nc(N2CCOCC2)n1. The van der Waals surface area contributed by atoms with Gasteiger partial charge in [0.25, 0.3) is 0 Å². The number of hydrogen-bond donors (Lipinski definition) is 1. The molecule has 0 amide bonds. The van der Waals surface area contributed by atoms with Crippen molar-refractivity contribution in [1.82, 2.24) is 15.0 Å². The number of nitrogens with zero attached hydrogens (tertiary/aromatic N) is 5. The first-order valence-corrected chi connectivity index (χ1v) is 7.19. The fourth-order valence-electron chi connectivity index (χ4n) is 2.21. The topological polar surface area (TPSA) is 80.4 Å². The van der Waals surface area contributed by atoms with E-state index in [-0.39, 0.29) is 5.95 Å². The summed E-state index contributed by atoms with van der Waals surface area (Å²) in [6.07, 6.45) is 0. The molecular formula is C13H24N6O. The molecule has 1 saturated heterocycles. The number of aromatic nitrogens is 3. The fourth-order valence-corrected chi connectivity index (χ4v) is 2.21. The van der Waals surface area contributed by atoms with Crippen LogP contribution in [0.1, 0.15) is 20.8 Å². The van der Waals surface area contributed by atoms with Gasteiger partial charge < -0.3 is 20.3 Å². The van der Waals surface area contributed by atoms with Gasteiger partial charge in [0, 0.05) is 26.2 Å². The van der Waals surface area contributed by atoms with Crippen molar-refractivity contribution in [2.24, 2.45) is 5.92 Å². The summed E-state index contributed by atoms with van der Waals surface area (Å²) in [7, 11) is 0. The molecule has 1 aromatic heterocycles. The molecule has 2 rings (SSSR count). The van der Waals surface area contributed by atoms with E-state index in [4.69, 9.17) is 10.5 Å². The van der Waals surface area contributed by atoms with E-state index in [2.05, 4.69) is 45.5 Å². The lowest BCUT2D eigenvalue weighted by molar-refractivity contribution is 0.122. The molecule has 112 valence electrons. The standard InChI is InChI=1S/C13H24N6O/c1-4-18(9-10(2)3)12-15-11(14)16-13(17-12)19-5-7-20-8-6-19/h10H,4-9H2,1-3H3,(H2,14,15,16,17). The Morgan fingerprint density at radius 2 is 1.95 bits per heavy atom. The maximum Gasteiger partial charge on any atom is 0.232 e. The van der Waals surface area contributed by atoms with E-state index in [0.717, 1.165) is 26.2 Å². The quantitative estimate of drug-likeness (QED) is 0.853. The van der Waals surface area contributed by atoms with Gasteiger partial charge in [0.2, 0.25) is 17.8 Å². The van der Waals surface area contributed by atoms with Crippen LogP contribution in [0.15, 0.2) is 0 Å². The Balaban J connectivity index is 2.22. The molecule has 1 fully saturated rings. The molecule has 7 nitrogen and oxygen atoms in total. The molecule has 2 heterocycles. The molecule has 2 N–H and O–H groups in total. The van der Waals surface area contributed by atoms with Gasteiger partial charge in [-0.05, 0) is 12.8 Å². The van der Waals surface area contributed by atoms with Crippen LogP contribution in [0.5, 0.6) is 0 Å². The average Bonchev–Trinajstić information content (AvgIpc) is 2.45. The van der Waals surface area contributed by atoms with Gasteiger partial charge in [0.15, 0.2) is 0 Å². The summed E-state index contributed by atoms with van der Waals surface area (Å²) < 4.78 is 5.35. The third-order valence-electron chi connectivity index (χ3n) is 3.17. The first kappa shape index (κ1) is 14.8. The molecule has 0 bridgehead atoms. The van der Waals surface area contributed by atoms with Gasteiger partial charge in [0.05, 0.1) is 13.2 Å². The van der Waals surface area contributed by atoms with E-state index in [1.165, 1.54) is 0 Å². The largest absolute Gasteiger partial charge is 0.378 e. The van der Waals surface area contributed by atoms with E-state index >= 15 is 0 Å². The average molecular weight is 280 g/mol. The zero-order valence-corrected chi connectivity index (χ0v) is 12.5. The normalized spacial score (nSPS) is 15.7. The third kappa shape index (κ3) is 3.69. The summed E-state index contributed by atoms with van der Waals surface area (Å²) in [5.41, 5.74) is 5.84. The predicted octanol–water partition coefficient (Wildman–Crippen LogP) is 0.773. The number of ether oxygens (including phenoxy) is 1. The maximum absolute atomic E-state index is 5.84. The van der Waals surface area contributed by atoms with Gasteiger partial charge in [-0.2, -0.15) is 15.0 Å². The van der Waals surface area contributed by atoms with Crippen LogP contribution in [0.4, 0.5) is 17.8 Å². The van der Waals surface area contributed by atoms with Gasteiger partial charge >= 0.3 is 0 Å². The minimum Gasteiger partial charge on any atom is -0.378 e.